The Hall–Kier alpha value is -3.02. The van der Waals surface area contributed by atoms with Gasteiger partial charge in [-0.05, 0) is 26.3 Å². The number of carbonyl (C=O) groups is 2. The monoisotopic (exact) mass is 335 g/mol. The number of rotatable bonds is 6. The lowest BCUT2D eigenvalue weighted by Gasteiger charge is -2.22. The van der Waals surface area contributed by atoms with Crippen LogP contribution in [0.2, 0.25) is 0 Å². The highest BCUT2D eigenvalue weighted by Gasteiger charge is 2.27. The average molecular weight is 335 g/mol. The van der Waals surface area contributed by atoms with E-state index < -0.39 is 35.0 Å². The first-order chi connectivity index (χ1) is 11.1. The molecule has 0 aromatic heterocycles. The van der Waals surface area contributed by atoms with Gasteiger partial charge in [-0.15, -0.1) is 0 Å². The highest BCUT2D eigenvalue weighted by atomic mass is 16.6. The van der Waals surface area contributed by atoms with Crippen LogP contribution in [0, 0.1) is 15.5 Å². The number of ether oxygens (including phenoxy) is 1. The number of non-ortho nitro benzene ring substituents is 1. The predicted octanol–water partition coefficient (Wildman–Crippen LogP) is 2.45. The summed E-state index contributed by atoms with van der Waals surface area (Å²) in [5, 5.41) is 21.6. The molecule has 0 fully saturated rings. The minimum atomic E-state index is -0.975. The molecule has 0 radical (unpaired) electrons. The van der Waals surface area contributed by atoms with Gasteiger partial charge in [-0.1, -0.05) is 12.1 Å². The molecule has 0 heterocycles. The third-order valence-electron chi connectivity index (χ3n) is 2.89. The van der Waals surface area contributed by atoms with E-state index in [0.717, 1.165) is 0 Å². The summed E-state index contributed by atoms with van der Waals surface area (Å²) in [7, 11) is 0. The van der Waals surface area contributed by atoms with E-state index in [-0.39, 0.29) is 12.1 Å². The summed E-state index contributed by atoms with van der Waals surface area (Å²) >= 11 is 0. The zero-order chi connectivity index (χ0) is 18.3. The number of ketones is 1. The van der Waals surface area contributed by atoms with Crippen LogP contribution in [0.3, 0.4) is 0 Å². The molecular weight excluding hydrogens is 316 g/mol. The van der Waals surface area contributed by atoms with Gasteiger partial charge in [0.2, 0.25) is 11.2 Å². The number of carbonyl (C=O) groups excluding carboxylic acids is 2. The summed E-state index contributed by atoms with van der Waals surface area (Å²) in [6, 6.07) is 4.62. The number of benzene rings is 1. The van der Waals surface area contributed by atoms with Crippen molar-refractivity contribution in [2.75, 3.05) is 6.54 Å². The molecule has 9 heteroatoms. The standard InChI is InChI=1S/C15H18N4O5/c1-15(2,3)24-14(21)18-12(13(20)9-17-16)8-10-4-6-11(7-5-10)19(22)23/h4-7,12H,8-9H2,1-3H3/p+1/t12-/m0/s1. The molecule has 0 unspecified atom stereocenters. The molecule has 9 nitrogen and oxygen atoms in total. The van der Waals surface area contributed by atoms with Gasteiger partial charge in [0.15, 0.2) is 0 Å². The second-order valence-electron chi connectivity index (χ2n) is 6.09. The lowest BCUT2D eigenvalue weighted by molar-refractivity contribution is -0.384. The van der Waals surface area contributed by atoms with Crippen LogP contribution in [0.5, 0.6) is 0 Å². The molecule has 0 spiro atoms. The first-order valence-electron chi connectivity index (χ1n) is 7.19. The van der Waals surface area contributed by atoms with Crippen LogP contribution < -0.4 is 5.32 Å². The van der Waals surface area contributed by atoms with E-state index in [1.165, 1.54) is 24.3 Å². The summed E-state index contributed by atoms with van der Waals surface area (Å²) in [4.78, 5) is 36.7. The van der Waals surface area contributed by atoms with Crippen molar-refractivity contribution in [2.24, 2.45) is 0 Å². The fraction of sp³-hybridized carbons (Fsp3) is 0.467. The Bertz CT molecular complexity index is 658. The van der Waals surface area contributed by atoms with Crippen LogP contribution in [0.4, 0.5) is 10.5 Å². The van der Waals surface area contributed by atoms with Gasteiger partial charge in [0.05, 0.1) is 4.92 Å². The Morgan fingerprint density at radius 2 is 1.92 bits per heavy atom. The summed E-state index contributed by atoms with van der Waals surface area (Å²) < 4.78 is 5.10. The molecule has 1 aromatic carbocycles. The number of nitro benzene ring substituents is 1. The second kappa shape index (κ2) is 8.01. The normalized spacial score (nSPS) is 11.9. The molecule has 24 heavy (non-hydrogen) atoms. The minimum Gasteiger partial charge on any atom is -0.444 e. The van der Waals surface area contributed by atoms with Gasteiger partial charge in [0, 0.05) is 18.6 Å². The number of hydrogen-bond donors (Lipinski definition) is 1. The lowest BCUT2D eigenvalue weighted by Crippen LogP contribution is -2.45. The fourth-order valence-electron chi connectivity index (χ4n) is 1.86. The maximum Gasteiger partial charge on any atom is 0.408 e. The van der Waals surface area contributed by atoms with Gasteiger partial charge < -0.3 is 10.1 Å². The third-order valence-corrected chi connectivity index (χ3v) is 2.89. The van der Waals surface area contributed by atoms with Gasteiger partial charge in [0.1, 0.15) is 16.6 Å². The quantitative estimate of drug-likeness (QED) is 0.483. The molecule has 0 aliphatic heterocycles. The van der Waals surface area contributed by atoms with Crippen molar-refractivity contribution in [3.05, 3.63) is 44.9 Å². The zero-order valence-electron chi connectivity index (χ0n) is 13.7. The molecular formula is C15H19N4O5+. The van der Waals surface area contributed by atoms with Crippen LogP contribution in [0.1, 0.15) is 26.3 Å². The zero-order valence-corrected chi connectivity index (χ0v) is 13.7. The number of hydrogen-bond acceptors (Lipinski definition) is 6. The fourth-order valence-corrected chi connectivity index (χ4v) is 1.86. The van der Waals surface area contributed by atoms with E-state index >= 15 is 0 Å². The van der Waals surface area contributed by atoms with E-state index in [9.17, 15) is 19.7 Å². The van der Waals surface area contributed by atoms with Crippen molar-refractivity contribution < 1.29 is 19.2 Å². The van der Waals surface area contributed by atoms with Gasteiger partial charge in [-0.3, -0.25) is 14.9 Å². The highest BCUT2D eigenvalue weighted by molar-refractivity contribution is 5.90. The van der Waals surface area contributed by atoms with Crippen LogP contribution >= 0.6 is 0 Å². The molecule has 1 rings (SSSR count). The van der Waals surface area contributed by atoms with Crippen molar-refractivity contribution in [3.8, 4) is 0 Å². The van der Waals surface area contributed by atoms with Crippen molar-refractivity contribution in [2.45, 2.75) is 38.8 Å². The Morgan fingerprint density at radius 1 is 1.33 bits per heavy atom. The largest absolute Gasteiger partial charge is 0.444 e. The molecule has 0 bridgehead atoms. The number of alkyl carbamates (subject to hydrolysis) is 1. The number of nitro groups is 1. The number of Topliss-reactive ketones (excluding diaryl/α,β-unsaturated/α-hetero) is 1. The van der Waals surface area contributed by atoms with Crippen molar-refractivity contribution in [1.82, 2.24) is 5.32 Å². The number of nitrogens with zero attached hydrogens (tertiary/aromatic N) is 3. The first kappa shape index (κ1) is 19.0. The molecule has 1 aromatic rings. The highest BCUT2D eigenvalue weighted by Crippen LogP contribution is 2.14. The summed E-state index contributed by atoms with van der Waals surface area (Å²) in [6.07, 6.45) is -0.688. The Morgan fingerprint density at radius 3 is 2.38 bits per heavy atom. The van der Waals surface area contributed by atoms with Crippen LogP contribution in [-0.4, -0.2) is 35.0 Å². The van der Waals surface area contributed by atoms with Gasteiger partial charge >= 0.3 is 12.6 Å². The Kier molecular flexibility index (Phi) is 6.35. The van der Waals surface area contributed by atoms with Gasteiger partial charge in [0.25, 0.3) is 5.69 Å². The molecule has 0 aliphatic rings. The SMILES string of the molecule is CC(C)(C)OC(=O)N[C@@H](Cc1ccc([N+](=O)[O-])cc1)C(=O)C[N+]#N. The predicted molar refractivity (Wildman–Crippen MR) is 84.9 cm³/mol. The Balaban J connectivity index is 2.86. The van der Waals surface area contributed by atoms with E-state index in [0.29, 0.717) is 5.56 Å². The average Bonchev–Trinajstić information content (AvgIpc) is 2.45. The van der Waals surface area contributed by atoms with Crippen molar-refractivity contribution in [1.29, 1.82) is 5.39 Å². The van der Waals surface area contributed by atoms with E-state index in [1.807, 2.05) is 0 Å². The van der Waals surface area contributed by atoms with Crippen LogP contribution in [-0.2, 0) is 16.0 Å². The molecule has 1 amide bonds. The molecule has 1 atom stereocenters. The first-order valence-corrected chi connectivity index (χ1v) is 7.19. The smallest absolute Gasteiger partial charge is 0.408 e. The topological polar surface area (TPSA) is 127 Å². The van der Waals surface area contributed by atoms with Crippen molar-refractivity contribution >= 4 is 17.6 Å². The van der Waals surface area contributed by atoms with Gasteiger partial charge in [-0.25, -0.2) is 4.79 Å². The van der Waals surface area contributed by atoms with Crippen LogP contribution in [0.25, 0.3) is 4.98 Å². The third kappa shape index (κ3) is 6.39. The summed E-state index contributed by atoms with van der Waals surface area (Å²) in [5.41, 5.74) is -0.202. The van der Waals surface area contributed by atoms with E-state index in [2.05, 4.69) is 10.3 Å². The lowest BCUT2D eigenvalue weighted by atomic mass is 10.0. The molecule has 0 aliphatic carbocycles. The Labute approximate surface area is 138 Å². The van der Waals surface area contributed by atoms with E-state index in [1.54, 1.807) is 20.8 Å². The second-order valence-corrected chi connectivity index (χ2v) is 6.09. The maximum absolute atomic E-state index is 12.0. The van der Waals surface area contributed by atoms with Crippen molar-refractivity contribution in [3.63, 3.8) is 0 Å². The molecule has 128 valence electrons. The molecule has 0 saturated heterocycles. The van der Waals surface area contributed by atoms with Crippen LogP contribution in [0.15, 0.2) is 24.3 Å². The molecule has 1 N–H and O–H groups in total. The van der Waals surface area contributed by atoms with E-state index in [4.69, 9.17) is 10.1 Å². The number of diazo groups is 1. The maximum atomic E-state index is 12.0. The molecule has 0 saturated carbocycles. The summed E-state index contributed by atoms with van der Waals surface area (Å²) in [6.45, 7) is 4.57. The van der Waals surface area contributed by atoms with Gasteiger partial charge in [-0.2, -0.15) is 0 Å². The summed E-state index contributed by atoms with van der Waals surface area (Å²) in [5.74, 6) is -0.512. The minimum absolute atomic E-state index is 0.0768. The number of nitrogens with one attached hydrogen (secondary N) is 1. The number of amides is 1.